The minimum atomic E-state index is -0.151. The number of benzene rings is 1. The Bertz CT molecular complexity index is 573. The zero-order valence-electron chi connectivity index (χ0n) is 11.8. The second kappa shape index (κ2) is 6.23. The number of carbonyl (C=O) groups excluding carboxylic acids is 1. The molecule has 1 amide bonds. The molecule has 5 heteroatoms. The Kier molecular flexibility index (Phi) is 4.40. The molecule has 0 saturated heterocycles. The molecule has 0 unspecified atom stereocenters. The largest absolute Gasteiger partial charge is 0.491 e. The van der Waals surface area contributed by atoms with Crippen molar-refractivity contribution in [3.63, 3.8) is 0 Å². The van der Waals surface area contributed by atoms with E-state index in [0.29, 0.717) is 17.8 Å². The molecule has 0 spiro atoms. The number of carbonyl (C=O) groups is 1. The van der Waals surface area contributed by atoms with Gasteiger partial charge in [-0.15, -0.1) is 0 Å². The van der Waals surface area contributed by atoms with E-state index in [1.54, 1.807) is 30.3 Å². The van der Waals surface area contributed by atoms with Crippen molar-refractivity contribution < 1.29 is 14.1 Å². The normalized spacial score (nSPS) is 10.6. The molecule has 1 N–H and O–H groups in total. The molecule has 2 aromatic rings. The second-order valence-electron chi connectivity index (χ2n) is 4.80. The van der Waals surface area contributed by atoms with E-state index < -0.39 is 0 Å². The minimum Gasteiger partial charge on any atom is -0.491 e. The first-order valence-electron chi connectivity index (χ1n) is 6.51. The average Bonchev–Trinajstić information content (AvgIpc) is 2.82. The number of hydrogen-bond donors (Lipinski definition) is 1. The van der Waals surface area contributed by atoms with Gasteiger partial charge in [0, 0.05) is 11.6 Å². The smallest absolute Gasteiger partial charge is 0.251 e. The molecule has 0 aliphatic heterocycles. The summed E-state index contributed by atoms with van der Waals surface area (Å²) in [5, 5.41) is 6.61. The molecule has 0 aliphatic carbocycles. The van der Waals surface area contributed by atoms with Crippen LogP contribution < -0.4 is 10.1 Å². The molecule has 0 atom stereocenters. The Morgan fingerprint density at radius 1 is 1.35 bits per heavy atom. The molecule has 106 valence electrons. The van der Waals surface area contributed by atoms with Gasteiger partial charge in [-0.2, -0.15) is 0 Å². The van der Waals surface area contributed by atoms with Crippen LogP contribution in [0.4, 0.5) is 0 Å². The first-order chi connectivity index (χ1) is 9.54. The molecule has 5 nitrogen and oxygen atoms in total. The standard InChI is InChI=1S/C15H18N2O3/c1-10(2)19-14-6-4-12(5-7-14)15(18)16-9-13-8-11(3)20-17-13/h4-8,10H,9H2,1-3H3,(H,16,18). The number of nitrogens with zero attached hydrogens (tertiary/aromatic N) is 1. The van der Waals surface area contributed by atoms with Gasteiger partial charge >= 0.3 is 0 Å². The lowest BCUT2D eigenvalue weighted by atomic mass is 10.2. The van der Waals surface area contributed by atoms with Gasteiger partial charge < -0.3 is 14.6 Å². The molecule has 1 aromatic heterocycles. The summed E-state index contributed by atoms with van der Waals surface area (Å²) in [6.07, 6.45) is 0.116. The molecule has 0 saturated carbocycles. The molecular weight excluding hydrogens is 256 g/mol. The van der Waals surface area contributed by atoms with Gasteiger partial charge in [0.05, 0.1) is 12.6 Å². The average molecular weight is 274 g/mol. The van der Waals surface area contributed by atoms with Crippen molar-refractivity contribution in [1.29, 1.82) is 0 Å². The van der Waals surface area contributed by atoms with Crippen LogP contribution in [0.3, 0.4) is 0 Å². The van der Waals surface area contributed by atoms with Gasteiger partial charge in [0.2, 0.25) is 0 Å². The van der Waals surface area contributed by atoms with Gasteiger partial charge in [0.25, 0.3) is 5.91 Å². The third-order valence-electron chi connectivity index (χ3n) is 2.60. The van der Waals surface area contributed by atoms with Crippen LogP contribution >= 0.6 is 0 Å². The van der Waals surface area contributed by atoms with E-state index >= 15 is 0 Å². The molecule has 0 fully saturated rings. The quantitative estimate of drug-likeness (QED) is 0.910. The highest BCUT2D eigenvalue weighted by Crippen LogP contribution is 2.13. The van der Waals surface area contributed by atoms with E-state index in [4.69, 9.17) is 9.26 Å². The third kappa shape index (κ3) is 3.85. The zero-order chi connectivity index (χ0) is 14.5. The van der Waals surface area contributed by atoms with E-state index in [-0.39, 0.29) is 12.0 Å². The van der Waals surface area contributed by atoms with Gasteiger partial charge in [-0.05, 0) is 45.0 Å². The van der Waals surface area contributed by atoms with Crippen molar-refractivity contribution in [3.05, 3.63) is 47.3 Å². The highest BCUT2D eigenvalue weighted by atomic mass is 16.5. The number of hydrogen-bond acceptors (Lipinski definition) is 4. The summed E-state index contributed by atoms with van der Waals surface area (Å²) in [4.78, 5) is 11.9. The third-order valence-corrected chi connectivity index (χ3v) is 2.60. The fourth-order valence-electron chi connectivity index (χ4n) is 1.73. The summed E-state index contributed by atoms with van der Waals surface area (Å²) >= 11 is 0. The Hall–Kier alpha value is -2.30. The van der Waals surface area contributed by atoms with Crippen molar-refractivity contribution in [1.82, 2.24) is 10.5 Å². The molecule has 2 rings (SSSR count). The van der Waals surface area contributed by atoms with Crippen LogP contribution in [0, 0.1) is 6.92 Å². The van der Waals surface area contributed by atoms with Gasteiger partial charge in [-0.3, -0.25) is 4.79 Å². The maximum Gasteiger partial charge on any atom is 0.251 e. The van der Waals surface area contributed by atoms with Crippen LogP contribution in [0.15, 0.2) is 34.9 Å². The van der Waals surface area contributed by atoms with Crippen molar-refractivity contribution in [2.24, 2.45) is 0 Å². The van der Waals surface area contributed by atoms with E-state index in [2.05, 4.69) is 10.5 Å². The van der Waals surface area contributed by atoms with Crippen LogP contribution in [-0.4, -0.2) is 17.2 Å². The predicted molar refractivity (Wildman–Crippen MR) is 74.6 cm³/mol. The topological polar surface area (TPSA) is 64.4 Å². The summed E-state index contributed by atoms with van der Waals surface area (Å²) in [5.74, 6) is 1.33. The van der Waals surface area contributed by atoms with Crippen molar-refractivity contribution in [2.45, 2.75) is 33.4 Å². The van der Waals surface area contributed by atoms with E-state index in [1.165, 1.54) is 0 Å². The minimum absolute atomic E-state index is 0.116. The lowest BCUT2D eigenvalue weighted by Gasteiger charge is -2.10. The Labute approximate surface area is 117 Å². The number of amides is 1. The summed E-state index contributed by atoms with van der Waals surface area (Å²) < 4.78 is 10.5. The van der Waals surface area contributed by atoms with E-state index in [0.717, 1.165) is 11.5 Å². The number of aryl methyl sites for hydroxylation is 1. The maximum absolute atomic E-state index is 11.9. The Morgan fingerprint density at radius 3 is 2.60 bits per heavy atom. The van der Waals surface area contributed by atoms with Crippen molar-refractivity contribution in [3.8, 4) is 5.75 Å². The zero-order valence-corrected chi connectivity index (χ0v) is 11.8. The predicted octanol–water partition coefficient (Wildman–Crippen LogP) is 2.70. The van der Waals surface area contributed by atoms with Gasteiger partial charge in [-0.25, -0.2) is 0 Å². The van der Waals surface area contributed by atoms with Crippen molar-refractivity contribution >= 4 is 5.91 Å². The Morgan fingerprint density at radius 2 is 2.05 bits per heavy atom. The number of rotatable bonds is 5. The summed E-state index contributed by atoms with van der Waals surface area (Å²) in [6.45, 7) is 6.08. The number of nitrogens with one attached hydrogen (secondary N) is 1. The number of ether oxygens (including phenoxy) is 1. The molecule has 1 aromatic carbocycles. The lowest BCUT2D eigenvalue weighted by Crippen LogP contribution is -2.22. The Balaban J connectivity index is 1.92. The van der Waals surface area contributed by atoms with Gasteiger partial charge in [0.1, 0.15) is 17.2 Å². The summed E-state index contributed by atoms with van der Waals surface area (Å²) in [5.41, 5.74) is 1.29. The lowest BCUT2D eigenvalue weighted by molar-refractivity contribution is 0.0950. The molecule has 0 aliphatic rings. The highest BCUT2D eigenvalue weighted by Gasteiger charge is 2.07. The summed E-state index contributed by atoms with van der Waals surface area (Å²) in [7, 11) is 0. The van der Waals surface area contributed by atoms with Gasteiger partial charge in [0.15, 0.2) is 0 Å². The van der Waals surface area contributed by atoms with Crippen LogP contribution in [0.25, 0.3) is 0 Å². The molecule has 20 heavy (non-hydrogen) atoms. The molecular formula is C15H18N2O3. The fourth-order valence-corrected chi connectivity index (χ4v) is 1.73. The van der Waals surface area contributed by atoms with E-state index in [9.17, 15) is 4.79 Å². The SMILES string of the molecule is Cc1cc(CNC(=O)c2ccc(OC(C)C)cc2)no1. The van der Waals surface area contributed by atoms with Crippen LogP contribution in [0.2, 0.25) is 0 Å². The van der Waals surface area contributed by atoms with Crippen LogP contribution in [0.1, 0.15) is 35.7 Å². The van der Waals surface area contributed by atoms with Crippen molar-refractivity contribution in [2.75, 3.05) is 0 Å². The number of aromatic nitrogens is 1. The molecule has 1 heterocycles. The second-order valence-corrected chi connectivity index (χ2v) is 4.80. The molecule has 0 bridgehead atoms. The molecule has 0 radical (unpaired) electrons. The van der Waals surface area contributed by atoms with Crippen LogP contribution in [-0.2, 0) is 6.54 Å². The van der Waals surface area contributed by atoms with E-state index in [1.807, 2.05) is 20.8 Å². The summed E-state index contributed by atoms with van der Waals surface area (Å²) in [6, 6.07) is 8.84. The maximum atomic E-state index is 11.9. The monoisotopic (exact) mass is 274 g/mol. The van der Waals surface area contributed by atoms with Crippen LogP contribution in [0.5, 0.6) is 5.75 Å². The fraction of sp³-hybridized carbons (Fsp3) is 0.333. The van der Waals surface area contributed by atoms with Gasteiger partial charge in [-0.1, -0.05) is 5.16 Å². The first-order valence-corrected chi connectivity index (χ1v) is 6.51. The first kappa shape index (κ1) is 14.1. The highest BCUT2D eigenvalue weighted by molar-refractivity contribution is 5.94.